The summed E-state index contributed by atoms with van der Waals surface area (Å²) in [7, 11) is 2.48. The Morgan fingerprint density at radius 2 is 1.85 bits per heavy atom. The van der Waals surface area contributed by atoms with Crippen LogP contribution in [0.25, 0.3) is 10.2 Å². The molecule has 0 spiro atoms. The molecule has 9 nitrogen and oxygen atoms in total. The Hall–Kier alpha value is -3.41. The predicted octanol–water partition coefficient (Wildman–Crippen LogP) is 5.74. The number of anilines is 3. The predicted molar refractivity (Wildman–Crippen MR) is 166 cm³/mol. The van der Waals surface area contributed by atoms with Gasteiger partial charge in [0.2, 0.25) is 11.8 Å². The number of hydrogen-bond donors (Lipinski definition) is 1. The molecule has 0 amide bonds. The first kappa shape index (κ1) is 29.1. The van der Waals surface area contributed by atoms with Crippen LogP contribution in [0.2, 0.25) is 0 Å². The quantitative estimate of drug-likeness (QED) is 0.246. The summed E-state index contributed by atoms with van der Waals surface area (Å²) in [5.74, 6) is 1.46. The number of fused-ring (bicyclic) bond motifs is 1. The fourth-order valence-electron chi connectivity index (χ4n) is 5.03. The average molecular weight is 596 g/mol. The summed E-state index contributed by atoms with van der Waals surface area (Å²) in [5.41, 5.74) is 3.20. The van der Waals surface area contributed by atoms with Crippen LogP contribution in [0.4, 0.5) is 17.3 Å². The van der Waals surface area contributed by atoms with Crippen LogP contribution in [0.1, 0.15) is 32.3 Å². The van der Waals surface area contributed by atoms with Crippen molar-refractivity contribution in [3.05, 3.63) is 59.5 Å². The first-order chi connectivity index (χ1) is 19.7. The lowest BCUT2D eigenvalue weighted by Gasteiger charge is -2.36. The van der Waals surface area contributed by atoms with Crippen molar-refractivity contribution in [1.82, 2.24) is 14.9 Å². The number of nitrogens with zero attached hydrogens (tertiary/aromatic N) is 4. The summed E-state index contributed by atoms with van der Waals surface area (Å²) in [6, 6.07) is 15.6. The van der Waals surface area contributed by atoms with Crippen LogP contribution in [0.15, 0.2) is 58.8 Å². The molecule has 1 aliphatic rings. The summed E-state index contributed by atoms with van der Waals surface area (Å²) < 4.78 is 38.5. The van der Waals surface area contributed by atoms with Crippen molar-refractivity contribution in [3.63, 3.8) is 0 Å². The zero-order valence-electron chi connectivity index (χ0n) is 24.1. The Kier molecular flexibility index (Phi) is 8.67. The van der Waals surface area contributed by atoms with Crippen molar-refractivity contribution >= 4 is 48.7 Å². The highest BCUT2D eigenvalue weighted by Crippen LogP contribution is 2.35. The van der Waals surface area contributed by atoms with Crippen molar-refractivity contribution < 1.29 is 17.9 Å². The number of thiophene rings is 1. The molecule has 0 atom stereocenters. The molecule has 5 rings (SSSR count). The van der Waals surface area contributed by atoms with Gasteiger partial charge in [0.25, 0.3) is 0 Å². The van der Waals surface area contributed by atoms with Crippen LogP contribution in [0.3, 0.4) is 0 Å². The van der Waals surface area contributed by atoms with Crippen LogP contribution in [0, 0.1) is 0 Å². The van der Waals surface area contributed by atoms with E-state index in [-0.39, 0.29) is 11.5 Å². The minimum atomic E-state index is -3.46. The van der Waals surface area contributed by atoms with E-state index in [0.717, 1.165) is 47.5 Å². The number of rotatable bonds is 10. The maximum Gasteiger partial charge on any atom is 0.237 e. The van der Waals surface area contributed by atoms with E-state index < -0.39 is 15.1 Å². The molecule has 2 aromatic carbocycles. The molecule has 4 aromatic rings. The second-order valence-electron chi connectivity index (χ2n) is 10.7. The first-order valence-corrected chi connectivity index (χ1v) is 16.2. The van der Waals surface area contributed by atoms with Gasteiger partial charge in [-0.25, -0.2) is 13.4 Å². The van der Waals surface area contributed by atoms with Gasteiger partial charge in [-0.1, -0.05) is 18.2 Å². The van der Waals surface area contributed by atoms with Gasteiger partial charge in [-0.3, -0.25) is 0 Å². The molecule has 218 valence electrons. The number of nitrogens with one attached hydrogen (secondary N) is 1. The highest BCUT2D eigenvalue weighted by molar-refractivity contribution is 7.92. The van der Waals surface area contributed by atoms with Gasteiger partial charge in [-0.15, -0.1) is 11.3 Å². The van der Waals surface area contributed by atoms with Gasteiger partial charge in [0.15, 0.2) is 9.84 Å². The summed E-state index contributed by atoms with van der Waals surface area (Å²) in [6.07, 6.45) is 2.25. The van der Waals surface area contributed by atoms with Gasteiger partial charge >= 0.3 is 0 Å². The molecule has 0 bridgehead atoms. The Labute approximate surface area is 246 Å². The standard InChI is InChI=1S/C30H37N5O4S2/c1-20(2)41(36,37)27-9-7-6-8-21(27)19-39-29-28-25(14-17-40-28)32-30(33-29)31-24-11-10-23(18-26(24)38-5)35-15-12-22(13-16-35)34(3)4/h6-11,14,17-18,20,22H,12-13,15-16,19H2,1-5H3,(H,31,32,33). The van der Waals surface area contributed by atoms with Crippen LogP contribution < -0.4 is 19.7 Å². The van der Waals surface area contributed by atoms with Gasteiger partial charge in [-0.2, -0.15) is 4.98 Å². The molecular formula is C30H37N5O4S2. The zero-order chi connectivity index (χ0) is 29.1. The normalized spacial score (nSPS) is 14.7. The molecule has 0 aliphatic carbocycles. The van der Waals surface area contributed by atoms with E-state index in [2.05, 4.69) is 45.2 Å². The third-order valence-corrected chi connectivity index (χ3v) is 10.7. The van der Waals surface area contributed by atoms with E-state index in [0.29, 0.717) is 29.2 Å². The minimum absolute atomic E-state index is 0.0636. The van der Waals surface area contributed by atoms with E-state index >= 15 is 0 Å². The molecule has 1 saturated heterocycles. The molecule has 1 N–H and O–H groups in total. The van der Waals surface area contributed by atoms with Crippen molar-refractivity contribution in [3.8, 4) is 11.6 Å². The van der Waals surface area contributed by atoms with Gasteiger partial charge in [0, 0.05) is 36.4 Å². The van der Waals surface area contributed by atoms with Crippen molar-refractivity contribution in [2.75, 3.05) is 44.5 Å². The number of benzene rings is 2. The lowest BCUT2D eigenvalue weighted by molar-refractivity contribution is 0.249. The van der Waals surface area contributed by atoms with Crippen LogP contribution in [-0.2, 0) is 16.4 Å². The first-order valence-electron chi connectivity index (χ1n) is 13.7. The largest absolute Gasteiger partial charge is 0.494 e. The molecule has 1 aliphatic heterocycles. The lowest BCUT2D eigenvalue weighted by Crippen LogP contribution is -2.41. The monoisotopic (exact) mass is 595 g/mol. The number of aromatic nitrogens is 2. The molecule has 0 radical (unpaired) electrons. The summed E-state index contributed by atoms with van der Waals surface area (Å²) >= 11 is 1.48. The second kappa shape index (κ2) is 12.2. The average Bonchev–Trinajstić information content (AvgIpc) is 3.45. The molecule has 1 fully saturated rings. The smallest absolute Gasteiger partial charge is 0.237 e. The molecule has 0 saturated carbocycles. The second-order valence-corrected chi connectivity index (χ2v) is 14.1. The maximum absolute atomic E-state index is 12.9. The van der Waals surface area contributed by atoms with Gasteiger partial charge in [0.1, 0.15) is 17.1 Å². The van der Waals surface area contributed by atoms with E-state index in [9.17, 15) is 8.42 Å². The molecule has 41 heavy (non-hydrogen) atoms. The third-order valence-electron chi connectivity index (χ3n) is 7.53. The molecule has 11 heteroatoms. The van der Waals surface area contributed by atoms with Gasteiger partial charge in [0.05, 0.1) is 28.5 Å². The SMILES string of the molecule is COc1cc(N2CCC(N(C)C)CC2)ccc1Nc1nc(OCc2ccccc2S(=O)(=O)C(C)C)c2sccc2n1. The van der Waals surface area contributed by atoms with E-state index in [1.807, 2.05) is 29.6 Å². The number of ether oxygens (including phenoxy) is 2. The van der Waals surface area contributed by atoms with Crippen molar-refractivity contribution in [2.45, 2.75) is 49.5 Å². The number of piperidine rings is 1. The fourth-order valence-corrected chi connectivity index (χ4v) is 7.07. The highest BCUT2D eigenvalue weighted by atomic mass is 32.2. The third kappa shape index (κ3) is 6.27. The Bertz CT molecular complexity index is 1610. The van der Waals surface area contributed by atoms with E-state index in [1.165, 1.54) is 11.3 Å². The van der Waals surface area contributed by atoms with Crippen molar-refractivity contribution in [2.24, 2.45) is 0 Å². The Morgan fingerprint density at radius 3 is 2.56 bits per heavy atom. The molecule has 0 unspecified atom stereocenters. The van der Waals surface area contributed by atoms with Crippen LogP contribution >= 0.6 is 11.3 Å². The summed E-state index contributed by atoms with van der Waals surface area (Å²) in [6.45, 7) is 5.42. The molecular weight excluding hydrogens is 558 g/mol. The Balaban J connectivity index is 1.37. The number of sulfone groups is 1. The van der Waals surface area contributed by atoms with Gasteiger partial charge in [-0.05, 0) is 70.4 Å². The molecule has 2 aromatic heterocycles. The van der Waals surface area contributed by atoms with E-state index in [1.54, 1.807) is 39.2 Å². The van der Waals surface area contributed by atoms with Crippen molar-refractivity contribution in [1.29, 1.82) is 0 Å². The highest BCUT2D eigenvalue weighted by Gasteiger charge is 2.24. The lowest BCUT2D eigenvalue weighted by atomic mass is 10.0. The fraction of sp³-hybridized carbons (Fsp3) is 0.400. The maximum atomic E-state index is 12.9. The Morgan fingerprint density at radius 1 is 1.10 bits per heavy atom. The topological polar surface area (TPSA) is 96.9 Å². The van der Waals surface area contributed by atoms with Gasteiger partial charge < -0.3 is 24.6 Å². The van der Waals surface area contributed by atoms with E-state index in [4.69, 9.17) is 9.47 Å². The zero-order valence-corrected chi connectivity index (χ0v) is 25.8. The van der Waals surface area contributed by atoms with Crippen LogP contribution in [0.5, 0.6) is 11.6 Å². The summed E-state index contributed by atoms with van der Waals surface area (Å²) in [5, 5.41) is 4.70. The minimum Gasteiger partial charge on any atom is -0.494 e. The molecule has 3 heterocycles. The van der Waals surface area contributed by atoms with Crippen LogP contribution in [-0.4, -0.2) is 68.9 Å². The summed E-state index contributed by atoms with van der Waals surface area (Å²) in [4.78, 5) is 14.3. The number of hydrogen-bond acceptors (Lipinski definition) is 10. The number of methoxy groups -OCH3 is 1.